The van der Waals surface area contributed by atoms with Crippen LogP contribution in [0.2, 0.25) is 0 Å². The highest BCUT2D eigenvalue weighted by Gasteiger charge is 2.19. The molecule has 0 amide bonds. The molecule has 1 aromatic carbocycles. The Bertz CT molecular complexity index is 976. The first-order valence-corrected chi connectivity index (χ1v) is 8.80. The maximum atomic E-state index is 12.6. The Kier molecular flexibility index (Phi) is 4.10. The summed E-state index contributed by atoms with van der Waals surface area (Å²) in [5.74, 6) is 0.731. The van der Waals surface area contributed by atoms with E-state index in [1.54, 1.807) is 4.57 Å². The second kappa shape index (κ2) is 6.55. The van der Waals surface area contributed by atoms with Gasteiger partial charge in [0.15, 0.2) is 5.82 Å². The first-order valence-electron chi connectivity index (χ1n) is 8.80. The van der Waals surface area contributed by atoms with Crippen LogP contribution in [0.5, 0.6) is 0 Å². The highest BCUT2D eigenvalue weighted by Crippen LogP contribution is 2.24. The molecule has 1 N–H and O–H groups in total. The summed E-state index contributed by atoms with van der Waals surface area (Å²) in [6.45, 7) is 1.97. The van der Waals surface area contributed by atoms with Gasteiger partial charge in [0.1, 0.15) is 5.69 Å². The summed E-state index contributed by atoms with van der Waals surface area (Å²) in [7, 11) is 0. The molecule has 126 valence electrons. The molecule has 2 aliphatic heterocycles. The highest BCUT2D eigenvalue weighted by molar-refractivity contribution is 5.72. The number of allylic oxidation sites excluding steroid dienone is 4. The smallest absolute Gasteiger partial charge is 0.278 e. The van der Waals surface area contributed by atoms with Crippen molar-refractivity contribution < 1.29 is 0 Å². The Morgan fingerprint density at radius 1 is 1.20 bits per heavy atom. The summed E-state index contributed by atoms with van der Waals surface area (Å²) < 4.78 is 1.70. The van der Waals surface area contributed by atoms with Crippen molar-refractivity contribution in [2.45, 2.75) is 32.6 Å². The van der Waals surface area contributed by atoms with Gasteiger partial charge in [0, 0.05) is 12.6 Å². The zero-order valence-electron chi connectivity index (χ0n) is 14.3. The fraction of sp³-hybridized carbons (Fsp3) is 0.238. The van der Waals surface area contributed by atoms with Crippen molar-refractivity contribution in [1.29, 1.82) is 0 Å². The molecule has 0 aromatic heterocycles. The van der Waals surface area contributed by atoms with Crippen molar-refractivity contribution in [3.63, 3.8) is 0 Å². The standard InChI is InChI=1S/C21H21N3O/c1-2-17-21(25)24-14-19(16-11-7-4-8-12-16)22-18(20(24)23-17)13-15-9-5-3-6-10-15/h3,5-7,9-12,14,22H,2,4,8,13H2,1H3. The first-order chi connectivity index (χ1) is 12.3. The van der Waals surface area contributed by atoms with Gasteiger partial charge in [-0.3, -0.25) is 9.36 Å². The quantitative estimate of drug-likeness (QED) is 0.788. The molecule has 4 nitrogen and oxygen atoms in total. The Morgan fingerprint density at radius 3 is 2.76 bits per heavy atom. The van der Waals surface area contributed by atoms with Gasteiger partial charge in [-0.1, -0.05) is 55.5 Å². The second-order valence-corrected chi connectivity index (χ2v) is 6.36. The lowest BCUT2D eigenvalue weighted by atomic mass is 10.0. The summed E-state index contributed by atoms with van der Waals surface area (Å²) in [6, 6.07) is 10.3. The van der Waals surface area contributed by atoms with E-state index in [1.807, 2.05) is 31.3 Å². The molecule has 1 aromatic rings. The molecule has 0 saturated carbocycles. The van der Waals surface area contributed by atoms with Crippen LogP contribution in [-0.4, -0.2) is 14.5 Å². The molecule has 2 heterocycles. The Balaban J connectivity index is 1.88. The molecule has 25 heavy (non-hydrogen) atoms. The minimum atomic E-state index is -0.0116. The molecule has 3 aliphatic rings. The Morgan fingerprint density at radius 2 is 2.04 bits per heavy atom. The van der Waals surface area contributed by atoms with E-state index >= 15 is 0 Å². The van der Waals surface area contributed by atoms with E-state index < -0.39 is 0 Å². The fourth-order valence-corrected chi connectivity index (χ4v) is 3.29. The highest BCUT2D eigenvalue weighted by atomic mass is 16.1. The van der Waals surface area contributed by atoms with Gasteiger partial charge < -0.3 is 4.98 Å². The maximum Gasteiger partial charge on any atom is 0.278 e. The van der Waals surface area contributed by atoms with E-state index in [2.05, 4.69) is 40.3 Å². The van der Waals surface area contributed by atoms with Crippen molar-refractivity contribution in [2.75, 3.05) is 0 Å². The average Bonchev–Trinajstić information content (AvgIpc) is 3.00. The molecule has 0 bridgehead atoms. The third-order valence-electron chi connectivity index (χ3n) is 4.61. The van der Waals surface area contributed by atoms with Crippen LogP contribution in [0.25, 0.3) is 11.4 Å². The van der Waals surface area contributed by atoms with Gasteiger partial charge in [-0.2, -0.15) is 0 Å². The summed E-state index contributed by atoms with van der Waals surface area (Å²) in [6.07, 6.45) is 11.9. The molecule has 0 atom stereocenters. The fourth-order valence-electron chi connectivity index (χ4n) is 3.29. The number of rotatable bonds is 4. The molecule has 0 spiro atoms. The van der Waals surface area contributed by atoms with Crippen molar-refractivity contribution in [1.82, 2.24) is 14.5 Å². The molecular formula is C21H21N3O. The van der Waals surface area contributed by atoms with Crippen LogP contribution in [0.15, 0.2) is 59.6 Å². The summed E-state index contributed by atoms with van der Waals surface area (Å²) >= 11 is 0. The number of aromatic amines is 1. The third-order valence-corrected chi connectivity index (χ3v) is 4.61. The molecule has 0 saturated heterocycles. The van der Waals surface area contributed by atoms with E-state index in [1.165, 1.54) is 5.56 Å². The van der Waals surface area contributed by atoms with E-state index in [0.29, 0.717) is 12.1 Å². The van der Waals surface area contributed by atoms with Gasteiger partial charge in [-0.05, 0) is 30.4 Å². The van der Waals surface area contributed by atoms with Crippen molar-refractivity contribution in [3.8, 4) is 5.82 Å². The van der Waals surface area contributed by atoms with E-state index in [4.69, 9.17) is 0 Å². The zero-order valence-corrected chi connectivity index (χ0v) is 14.3. The molecule has 1 aliphatic carbocycles. The molecule has 0 fully saturated rings. The summed E-state index contributed by atoms with van der Waals surface area (Å²) in [5, 5.41) is 0. The van der Waals surface area contributed by atoms with Crippen molar-refractivity contribution in [2.24, 2.45) is 0 Å². The number of nitrogens with zero attached hydrogens (tertiary/aromatic N) is 2. The predicted molar refractivity (Wildman–Crippen MR) is 100 cm³/mol. The second-order valence-electron chi connectivity index (χ2n) is 6.36. The van der Waals surface area contributed by atoms with Crippen LogP contribution in [-0.2, 0) is 12.8 Å². The molecule has 4 rings (SSSR count). The van der Waals surface area contributed by atoms with Crippen LogP contribution in [0.1, 0.15) is 42.4 Å². The Labute approximate surface area is 146 Å². The van der Waals surface area contributed by atoms with Crippen molar-refractivity contribution >= 4 is 5.57 Å². The van der Waals surface area contributed by atoms with Crippen LogP contribution in [0.3, 0.4) is 0 Å². The number of H-pyrrole nitrogens is 1. The predicted octanol–water partition coefficient (Wildman–Crippen LogP) is 3.89. The number of benzene rings is 1. The average molecular weight is 331 g/mol. The van der Waals surface area contributed by atoms with Gasteiger partial charge in [0.25, 0.3) is 5.56 Å². The maximum absolute atomic E-state index is 12.6. The summed E-state index contributed by atoms with van der Waals surface area (Å²) in [4.78, 5) is 20.8. The largest absolute Gasteiger partial charge is 0.354 e. The number of imidazole rings is 1. The molecule has 0 unspecified atom stereocenters. The third kappa shape index (κ3) is 2.95. The number of aromatic nitrogens is 3. The van der Waals surface area contributed by atoms with Gasteiger partial charge >= 0.3 is 0 Å². The molecule has 4 heteroatoms. The number of hydrogen-bond donors (Lipinski definition) is 1. The van der Waals surface area contributed by atoms with Crippen molar-refractivity contribution in [3.05, 3.63) is 87.8 Å². The van der Waals surface area contributed by atoms with E-state index in [-0.39, 0.29) is 5.56 Å². The molecular weight excluding hydrogens is 310 g/mol. The van der Waals surface area contributed by atoms with Gasteiger partial charge in [-0.25, -0.2) is 4.98 Å². The van der Waals surface area contributed by atoms with Gasteiger partial charge in [-0.15, -0.1) is 0 Å². The SMILES string of the molecule is CCc1nc2c(Cc3ccccc3)[nH]c(C3=CCCC=C3)cn-2c1=O. The van der Waals surface area contributed by atoms with E-state index in [9.17, 15) is 4.79 Å². The number of hydrogen-bond acceptors (Lipinski definition) is 2. The minimum absolute atomic E-state index is 0.0116. The van der Waals surface area contributed by atoms with Crippen LogP contribution in [0.4, 0.5) is 0 Å². The number of aryl methyl sites for hydroxylation is 1. The van der Waals surface area contributed by atoms with Gasteiger partial charge in [0.2, 0.25) is 0 Å². The zero-order chi connectivity index (χ0) is 17.2. The first kappa shape index (κ1) is 15.6. The van der Waals surface area contributed by atoms with Crippen LogP contribution >= 0.6 is 0 Å². The van der Waals surface area contributed by atoms with Crippen LogP contribution < -0.4 is 5.56 Å². The normalized spacial score (nSPS) is 14.0. The minimum Gasteiger partial charge on any atom is -0.354 e. The number of fused-ring (bicyclic) bond motifs is 1. The summed E-state index contributed by atoms with van der Waals surface area (Å²) in [5.41, 5.74) is 4.87. The van der Waals surface area contributed by atoms with Gasteiger partial charge in [0.05, 0.1) is 11.4 Å². The molecule has 0 radical (unpaired) electrons. The Hall–Kier alpha value is -2.88. The van der Waals surface area contributed by atoms with E-state index in [0.717, 1.165) is 42.0 Å². The lowest BCUT2D eigenvalue weighted by Gasteiger charge is -2.15. The monoisotopic (exact) mass is 331 g/mol. The number of nitrogens with one attached hydrogen (secondary N) is 1. The van der Waals surface area contributed by atoms with Crippen LogP contribution in [0, 0.1) is 0 Å². The lowest BCUT2D eigenvalue weighted by molar-refractivity contribution is 0.898. The lowest BCUT2D eigenvalue weighted by Crippen LogP contribution is -2.18. The topological polar surface area (TPSA) is 50.7 Å².